The lowest BCUT2D eigenvalue weighted by Crippen LogP contribution is -2.41. The Morgan fingerprint density at radius 1 is 1.17 bits per heavy atom. The lowest BCUT2D eigenvalue weighted by Gasteiger charge is -2.18. The van der Waals surface area contributed by atoms with Crippen LogP contribution in [-0.2, 0) is 0 Å². The molecule has 3 aromatic rings. The van der Waals surface area contributed by atoms with Crippen LogP contribution in [0.1, 0.15) is 37.0 Å². The molecule has 2 heterocycles. The molecule has 0 bridgehead atoms. The molecular formula is C18H20N4O2. The average molecular weight is 324 g/mol. The van der Waals surface area contributed by atoms with Gasteiger partial charge in [-0.25, -0.2) is 4.68 Å². The number of nitrogens with zero attached hydrogens (tertiary/aromatic N) is 3. The van der Waals surface area contributed by atoms with Gasteiger partial charge >= 0.3 is 0 Å². The first-order chi connectivity index (χ1) is 11.3. The Balaban J connectivity index is 2.06. The summed E-state index contributed by atoms with van der Waals surface area (Å²) in [5, 5.41) is 7.26. The molecule has 1 N–H and O–H groups in total. The number of carbonyl (C=O) groups excluding carboxylic acids is 1. The maximum absolute atomic E-state index is 12.4. The molecule has 1 aromatic carbocycles. The van der Waals surface area contributed by atoms with E-state index in [1.54, 1.807) is 23.1 Å². The van der Waals surface area contributed by atoms with Crippen molar-refractivity contribution in [2.75, 3.05) is 0 Å². The van der Waals surface area contributed by atoms with Gasteiger partial charge in [0.25, 0.3) is 5.91 Å². The average Bonchev–Trinajstić information content (AvgIpc) is 3.15. The number of hydrogen-bond donors (Lipinski definition) is 1. The normalized spacial score (nSPS) is 11.5. The summed E-state index contributed by atoms with van der Waals surface area (Å²) in [6.45, 7) is 7.75. The molecule has 1 amide bonds. The molecule has 0 aliphatic carbocycles. The molecule has 0 aliphatic heterocycles. The number of benzene rings is 1. The molecule has 6 nitrogen and oxygen atoms in total. The summed E-state index contributed by atoms with van der Waals surface area (Å²) in [6.07, 6.45) is 1.57. The highest BCUT2D eigenvalue weighted by atomic mass is 16.3. The van der Waals surface area contributed by atoms with Gasteiger partial charge in [0, 0.05) is 5.54 Å². The van der Waals surface area contributed by atoms with E-state index in [4.69, 9.17) is 4.42 Å². The maximum atomic E-state index is 12.4. The molecule has 0 aliphatic rings. The Morgan fingerprint density at radius 3 is 2.46 bits per heavy atom. The van der Waals surface area contributed by atoms with Crippen LogP contribution in [0.15, 0.2) is 47.1 Å². The Kier molecular flexibility index (Phi) is 3.97. The van der Waals surface area contributed by atoms with E-state index in [1.165, 1.54) is 0 Å². The van der Waals surface area contributed by atoms with Crippen molar-refractivity contribution in [1.29, 1.82) is 0 Å². The molecular weight excluding hydrogens is 304 g/mol. The lowest BCUT2D eigenvalue weighted by atomic mass is 10.1. The van der Waals surface area contributed by atoms with Crippen LogP contribution in [-0.4, -0.2) is 26.2 Å². The third kappa shape index (κ3) is 3.37. The van der Waals surface area contributed by atoms with Gasteiger partial charge in [-0.1, -0.05) is 17.7 Å². The number of amides is 1. The second kappa shape index (κ2) is 5.96. The Hall–Kier alpha value is -2.89. The second-order valence-electron chi connectivity index (χ2n) is 6.69. The fraction of sp³-hybridized carbons (Fsp3) is 0.278. The highest BCUT2D eigenvalue weighted by Gasteiger charge is 2.23. The smallest absolute Gasteiger partial charge is 0.291 e. The molecule has 6 heteroatoms. The zero-order valence-electron chi connectivity index (χ0n) is 14.2. The molecule has 0 saturated carbocycles. The third-order valence-electron chi connectivity index (χ3n) is 3.32. The summed E-state index contributed by atoms with van der Waals surface area (Å²) in [5.74, 6) is 0.832. The van der Waals surface area contributed by atoms with Gasteiger partial charge < -0.3 is 9.73 Å². The maximum Gasteiger partial charge on any atom is 0.291 e. The summed E-state index contributed by atoms with van der Waals surface area (Å²) in [6, 6.07) is 11.4. The van der Waals surface area contributed by atoms with Gasteiger partial charge in [-0.3, -0.25) is 4.79 Å². The van der Waals surface area contributed by atoms with Crippen molar-refractivity contribution in [2.24, 2.45) is 0 Å². The van der Waals surface area contributed by atoms with Gasteiger partial charge in [0.1, 0.15) is 0 Å². The predicted octanol–water partition coefficient (Wildman–Crippen LogP) is 3.36. The summed E-state index contributed by atoms with van der Waals surface area (Å²) in [5.41, 5.74) is 1.59. The van der Waals surface area contributed by atoms with Crippen molar-refractivity contribution in [1.82, 2.24) is 20.1 Å². The molecule has 0 fully saturated rings. The quantitative estimate of drug-likeness (QED) is 0.802. The molecule has 0 unspecified atom stereocenters. The van der Waals surface area contributed by atoms with Gasteiger partial charge in [0.05, 0.1) is 12.0 Å². The van der Waals surface area contributed by atoms with Crippen LogP contribution in [0, 0.1) is 6.92 Å². The zero-order chi connectivity index (χ0) is 17.3. The fourth-order valence-electron chi connectivity index (χ4n) is 2.24. The van der Waals surface area contributed by atoms with Gasteiger partial charge in [0.2, 0.25) is 5.82 Å². The predicted molar refractivity (Wildman–Crippen MR) is 91.0 cm³/mol. The first-order valence-corrected chi connectivity index (χ1v) is 7.74. The molecule has 0 spiro atoms. The van der Waals surface area contributed by atoms with Crippen molar-refractivity contribution in [2.45, 2.75) is 33.2 Å². The SMILES string of the molecule is Cc1ccc(-n2nc(C(=O)NC(C)(C)C)nc2-c2ccco2)cc1. The van der Waals surface area contributed by atoms with E-state index >= 15 is 0 Å². The van der Waals surface area contributed by atoms with Gasteiger partial charge in [0.15, 0.2) is 11.6 Å². The monoisotopic (exact) mass is 324 g/mol. The van der Waals surface area contributed by atoms with Crippen LogP contribution < -0.4 is 5.32 Å². The van der Waals surface area contributed by atoms with Crippen LogP contribution in [0.25, 0.3) is 17.3 Å². The molecule has 2 aromatic heterocycles. The van der Waals surface area contributed by atoms with Gasteiger partial charge in [-0.2, -0.15) is 4.98 Å². The minimum Gasteiger partial charge on any atom is -0.461 e. The van der Waals surface area contributed by atoms with Crippen LogP contribution in [0.2, 0.25) is 0 Å². The van der Waals surface area contributed by atoms with Crippen LogP contribution in [0.5, 0.6) is 0 Å². The summed E-state index contributed by atoms with van der Waals surface area (Å²) in [4.78, 5) is 16.8. The van der Waals surface area contributed by atoms with E-state index in [1.807, 2.05) is 52.0 Å². The highest BCUT2D eigenvalue weighted by Crippen LogP contribution is 2.22. The van der Waals surface area contributed by atoms with E-state index in [0.717, 1.165) is 11.3 Å². The Bertz CT molecular complexity index is 840. The summed E-state index contributed by atoms with van der Waals surface area (Å²) < 4.78 is 7.07. The second-order valence-corrected chi connectivity index (χ2v) is 6.69. The van der Waals surface area contributed by atoms with E-state index in [0.29, 0.717) is 11.6 Å². The van der Waals surface area contributed by atoms with E-state index in [-0.39, 0.29) is 17.3 Å². The number of nitrogens with one attached hydrogen (secondary N) is 1. The largest absolute Gasteiger partial charge is 0.461 e. The number of hydrogen-bond acceptors (Lipinski definition) is 4. The van der Waals surface area contributed by atoms with Crippen LogP contribution in [0.4, 0.5) is 0 Å². The number of furan rings is 1. The van der Waals surface area contributed by atoms with Crippen molar-refractivity contribution < 1.29 is 9.21 Å². The van der Waals surface area contributed by atoms with Gasteiger partial charge in [-0.05, 0) is 52.0 Å². The molecule has 124 valence electrons. The van der Waals surface area contributed by atoms with E-state index in [2.05, 4.69) is 15.4 Å². The topological polar surface area (TPSA) is 73.0 Å². The van der Waals surface area contributed by atoms with Crippen molar-refractivity contribution in [3.05, 3.63) is 54.0 Å². The molecule has 24 heavy (non-hydrogen) atoms. The van der Waals surface area contributed by atoms with Crippen molar-refractivity contribution in [3.8, 4) is 17.3 Å². The van der Waals surface area contributed by atoms with Gasteiger partial charge in [-0.15, -0.1) is 5.10 Å². The van der Waals surface area contributed by atoms with Crippen molar-refractivity contribution in [3.63, 3.8) is 0 Å². The van der Waals surface area contributed by atoms with E-state index in [9.17, 15) is 4.79 Å². The number of aromatic nitrogens is 3. The summed E-state index contributed by atoms with van der Waals surface area (Å²) >= 11 is 0. The highest BCUT2D eigenvalue weighted by molar-refractivity contribution is 5.91. The zero-order valence-corrected chi connectivity index (χ0v) is 14.2. The first-order valence-electron chi connectivity index (χ1n) is 7.74. The van der Waals surface area contributed by atoms with Crippen LogP contribution >= 0.6 is 0 Å². The fourth-order valence-corrected chi connectivity index (χ4v) is 2.24. The molecule has 3 rings (SSSR count). The number of carbonyl (C=O) groups is 1. The lowest BCUT2D eigenvalue weighted by molar-refractivity contribution is 0.0909. The standard InChI is InChI=1S/C18H20N4O2/c1-12-7-9-13(10-8-12)22-16(14-6-5-11-24-14)19-15(21-22)17(23)20-18(2,3)4/h5-11H,1-4H3,(H,20,23). The molecule has 0 atom stereocenters. The minimum absolute atomic E-state index is 0.108. The summed E-state index contributed by atoms with van der Waals surface area (Å²) in [7, 11) is 0. The number of rotatable bonds is 3. The number of aryl methyl sites for hydroxylation is 1. The minimum atomic E-state index is -0.364. The Morgan fingerprint density at radius 2 is 1.88 bits per heavy atom. The third-order valence-corrected chi connectivity index (χ3v) is 3.32. The van der Waals surface area contributed by atoms with E-state index < -0.39 is 0 Å². The molecule has 0 radical (unpaired) electrons. The van der Waals surface area contributed by atoms with Crippen LogP contribution in [0.3, 0.4) is 0 Å². The first kappa shape index (κ1) is 16.0. The molecule has 0 saturated heterocycles. The van der Waals surface area contributed by atoms with Crippen molar-refractivity contribution >= 4 is 5.91 Å². The Labute approximate surface area is 140 Å².